The lowest BCUT2D eigenvalue weighted by Gasteiger charge is -2.17. The van der Waals surface area contributed by atoms with Gasteiger partial charge in [-0.1, -0.05) is 20.8 Å². The lowest BCUT2D eigenvalue weighted by atomic mass is 9.96. The maximum absolute atomic E-state index is 11.6. The second-order valence-corrected chi connectivity index (χ2v) is 7.91. The number of hydrogen-bond donors (Lipinski definition) is 1. The number of aromatic nitrogens is 6. The third-order valence-corrected chi connectivity index (χ3v) is 4.75. The van der Waals surface area contributed by atoms with Crippen LogP contribution >= 0.6 is 0 Å². The number of imidazole rings is 1. The first-order chi connectivity index (χ1) is 13.8. The van der Waals surface area contributed by atoms with Gasteiger partial charge in [0.05, 0.1) is 29.7 Å². The summed E-state index contributed by atoms with van der Waals surface area (Å²) in [5.41, 5.74) is 3.35. The van der Waals surface area contributed by atoms with E-state index in [1.807, 2.05) is 25.2 Å². The molecule has 1 aromatic carbocycles. The molecule has 9 nitrogen and oxygen atoms in total. The zero-order chi connectivity index (χ0) is 20.8. The average Bonchev–Trinajstić information content (AvgIpc) is 3.23. The maximum atomic E-state index is 11.6. The molecule has 0 saturated carbocycles. The zero-order valence-electron chi connectivity index (χ0n) is 17.1. The van der Waals surface area contributed by atoms with Gasteiger partial charge in [0.15, 0.2) is 5.65 Å². The van der Waals surface area contributed by atoms with Crippen molar-refractivity contribution in [3.8, 4) is 0 Å². The molecule has 3 heterocycles. The first-order valence-electron chi connectivity index (χ1n) is 9.25. The number of hydrogen-bond acceptors (Lipinski definition) is 7. The van der Waals surface area contributed by atoms with Gasteiger partial charge in [0, 0.05) is 18.2 Å². The van der Waals surface area contributed by atoms with Crippen LogP contribution in [0.2, 0.25) is 0 Å². The molecule has 0 fully saturated rings. The Hall–Kier alpha value is -3.49. The minimum Gasteiger partial charge on any atom is -0.468 e. The molecule has 29 heavy (non-hydrogen) atoms. The second kappa shape index (κ2) is 6.84. The van der Waals surface area contributed by atoms with Crippen LogP contribution in [0.1, 0.15) is 26.6 Å². The number of ether oxygens (including phenoxy) is 1. The number of aryl methyl sites for hydroxylation is 1. The van der Waals surface area contributed by atoms with Crippen LogP contribution in [-0.2, 0) is 28.5 Å². The predicted molar refractivity (Wildman–Crippen MR) is 110 cm³/mol. The van der Waals surface area contributed by atoms with Crippen molar-refractivity contribution in [3.63, 3.8) is 0 Å². The smallest absolute Gasteiger partial charge is 0.327 e. The van der Waals surface area contributed by atoms with Crippen molar-refractivity contribution in [2.75, 3.05) is 12.4 Å². The van der Waals surface area contributed by atoms with Gasteiger partial charge in [-0.2, -0.15) is 5.10 Å². The van der Waals surface area contributed by atoms with Gasteiger partial charge in [0.1, 0.15) is 24.5 Å². The fourth-order valence-electron chi connectivity index (χ4n) is 3.38. The largest absolute Gasteiger partial charge is 0.468 e. The molecule has 0 amide bonds. The number of rotatable bonds is 4. The normalized spacial score (nSPS) is 11.9. The average molecular weight is 393 g/mol. The molecular weight excluding hydrogens is 370 g/mol. The summed E-state index contributed by atoms with van der Waals surface area (Å²) in [5.74, 6) is 1.24. The molecule has 150 valence electrons. The van der Waals surface area contributed by atoms with Gasteiger partial charge in [-0.15, -0.1) is 0 Å². The van der Waals surface area contributed by atoms with Gasteiger partial charge in [-0.3, -0.25) is 4.79 Å². The highest BCUT2D eigenvalue weighted by atomic mass is 16.5. The number of anilines is 2. The topological polar surface area (TPSA) is 99.8 Å². The zero-order valence-corrected chi connectivity index (χ0v) is 17.1. The van der Waals surface area contributed by atoms with E-state index in [1.54, 1.807) is 6.20 Å². The molecule has 3 aromatic heterocycles. The molecule has 0 saturated heterocycles. The van der Waals surface area contributed by atoms with Crippen LogP contribution in [0.4, 0.5) is 11.5 Å². The van der Waals surface area contributed by atoms with E-state index in [2.05, 4.69) is 45.7 Å². The van der Waals surface area contributed by atoms with Crippen LogP contribution in [0.5, 0.6) is 0 Å². The predicted octanol–water partition coefficient (Wildman–Crippen LogP) is 2.93. The summed E-state index contributed by atoms with van der Waals surface area (Å²) >= 11 is 0. The Morgan fingerprint density at radius 3 is 2.76 bits per heavy atom. The standard InChI is InChI=1S/C20H23N7O2/c1-20(2,3)19-25-14-8-12(6-7-15(14)26(19)4)24-17-13-9-23-27(10-16(28)29-5)18(13)22-11-21-17/h6-9,11H,10H2,1-5H3,(H,21,22,24). The van der Waals surface area contributed by atoms with E-state index in [4.69, 9.17) is 9.72 Å². The van der Waals surface area contributed by atoms with Crippen molar-refractivity contribution in [2.45, 2.75) is 32.7 Å². The molecule has 0 radical (unpaired) electrons. The van der Waals surface area contributed by atoms with Gasteiger partial charge in [-0.05, 0) is 18.2 Å². The lowest BCUT2D eigenvalue weighted by molar-refractivity contribution is -0.141. The minimum absolute atomic E-state index is 0.00801. The summed E-state index contributed by atoms with van der Waals surface area (Å²) in [4.78, 5) is 25.0. The summed E-state index contributed by atoms with van der Waals surface area (Å²) in [6, 6.07) is 6.03. The van der Waals surface area contributed by atoms with Crippen LogP contribution in [0.15, 0.2) is 30.7 Å². The number of carbonyl (C=O) groups excluding carboxylic acids is 1. The molecular formula is C20H23N7O2. The molecule has 9 heteroatoms. The van der Waals surface area contributed by atoms with Crippen LogP contribution in [0.3, 0.4) is 0 Å². The quantitative estimate of drug-likeness (QED) is 0.532. The number of methoxy groups -OCH3 is 1. The number of carbonyl (C=O) groups is 1. The fourth-order valence-corrected chi connectivity index (χ4v) is 3.38. The number of esters is 1. The Morgan fingerprint density at radius 1 is 1.24 bits per heavy atom. The van der Waals surface area contributed by atoms with E-state index in [0.717, 1.165) is 22.5 Å². The van der Waals surface area contributed by atoms with Crippen molar-refractivity contribution < 1.29 is 9.53 Å². The van der Waals surface area contributed by atoms with Crippen molar-refractivity contribution in [1.29, 1.82) is 0 Å². The van der Waals surface area contributed by atoms with Crippen molar-refractivity contribution in [2.24, 2.45) is 7.05 Å². The minimum atomic E-state index is -0.390. The molecule has 4 aromatic rings. The molecule has 0 spiro atoms. The van der Waals surface area contributed by atoms with E-state index in [-0.39, 0.29) is 12.0 Å². The van der Waals surface area contributed by atoms with Gasteiger partial charge >= 0.3 is 5.97 Å². The molecule has 0 bridgehead atoms. The molecule has 0 atom stereocenters. The third-order valence-electron chi connectivity index (χ3n) is 4.75. The summed E-state index contributed by atoms with van der Waals surface area (Å²) in [6.45, 7) is 6.44. The summed E-state index contributed by atoms with van der Waals surface area (Å²) in [6.07, 6.45) is 3.08. The van der Waals surface area contributed by atoms with E-state index < -0.39 is 5.97 Å². The lowest BCUT2D eigenvalue weighted by Crippen LogP contribution is -2.17. The summed E-state index contributed by atoms with van der Waals surface area (Å²) < 4.78 is 8.32. The van der Waals surface area contributed by atoms with Crippen molar-refractivity contribution in [1.82, 2.24) is 29.3 Å². The first-order valence-corrected chi connectivity index (χ1v) is 9.25. The highest BCUT2D eigenvalue weighted by Crippen LogP contribution is 2.29. The maximum Gasteiger partial charge on any atom is 0.327 e. The van der Waals surface area contributed by atoms with Crippen LogP contribution in [0, 0.1) is 0 Å². The molecule has 1 N–H and O–H groups in total. The highest BCUT2D eigenvalue weighted by Gasteiger charge is 2.21. The molecule has 0 aliphatic rings. The molecule has 0 aliphatic heterocycles. The summed E-state index contributed by atoms with van der Waals surface area (Å²) in [5, 5.41) is 8.27. The SMILES string of the molecule is COC(=O)Cn1ncc2c(Nc3ccc4c(c3)nc(C(C)(C)C)n4C)ncnc21. The van der Waals surface area contributed by atoms with Crippen LogP contribution in [0.25, 0.3) is 22.1 Å². The fraction of sp³-hybridized carbons (Fsp3) is 0.350. The van der Waals surface area contributed by atoms with Crippen LogP contribution in [-0.4, -0.2) is 42.4 Å². The van der Waals surface area contributed by atoms with Gasteiger partial charge < -0.3 is 14.6 Å². The van der Waals surface area contributed by atoms with Crippen LogP contribution < -0.4 is 5.32 Å². The Bertz CT molecular complexity index is 1220. The Morgan fingerprint density at radius 2 is 2.03 bits per heavy atom. The first kappa shape index (κ1) is 18.9. The number of nitrogens with zero attached hydrogens (tertiary/aromatic N) is 6. The number of nitrogens with one attached hydrogen (secondary N) is 1. The highest BCUT2D eigenvalue weighted by molar-refractivity contribution is 5.90. The molecule has 0 unspecified atom stereocenters. The second-order valence-electron chi connectivity index (χ2n) is 7.91. The molecule has 0 aliphatic carbocycles. The van der Waals surface area contributed by atoms with Gasteiger partial charge in [0.2, 0.25) is 0 Å². The number of fused-ring (bicyclic) bond motifs is 2. The van der Waals surface area contributed by atoms with Gasteiger partial charge in [-0.25, -0.2) is 19.6 Å². The Kier molecular flexibility index (Phi) is 4.45. The molecule has 4 rings (SSSR count). The monoisotopic (exact) mass is 393 g/mol. The van der Waals surface area contributed by atoms with Crippen molar-refractivity contribution >= 4 is 39.5 Å². The van der Waals surface area contributed by atoms with E-state index in [9.17, 15) is 4.79 Å². The van der Waals surface area contributed by atoms with E-state index in [0.29, 0.717) is 16.9 Å². The van der Waals surface area contributed by atoms with Crippen molar-refractivity contribution in [3.05, 3.63) is 36.5 Å². The van der Waals surface area contributed by atoms with E-state index in [1.165, 1.54) is 18.1 Å². The van der Waals surface area contributed by atoms with Gasteiger partial charge in [0.25, 0.3) is 0 Å². The summed E-state index contributed by atoms with van der Waals surface area (Å²) in [7, 11) is 3.38. The van der Waals surface area contributed by atoms with E-state index >= 15 is 0 Å². The Labute approximate surface area is 167 Å². The Balaban J connectivity index is 1.70. The number of benzene rings is 1. The third kappa shape index (κ3) is 3.39.